The molecule has 0 heterocycles. The van der Waals surface area contributed by atoms with E-state index in [4.69, 9.17) is 14.2 Å². The van der Waals surface area contributed by atoms with Crippen LogP contribution in [0.3, 0.4) is 0 Å². The van der Waals surface area contributed by atoms with E-state index in [1.54, 1.807) is 0 Å². The van der Waals surface area contributed by atoms with Crippen molar-refractivity contribution in [3.63, 3.8) is 0 Å². The minimum absolute atomic E-state index is 0.100. The zero-order valence-electron chi connectivity index (χ0n) is 45.4. The van der Waals surface area contributed by atoms with E-state index in [0.717, 1.165) is 161 Å². The van der Waals surface area contributed by atoms with Gasteiger partial charge in [-0.05, 0) is 122 Å². The van der Waals surface area contributed by atoms with Crippen LogP contribution in [0.1, 0.15) is 226 Å². The predicted molar refractivity (Wildman–Crippen MR) is 306 cm³/mol. The van der Waals surface area contributed by atoms with Crippen LogP contribution in [0.15, 0.2) is 146 Å². The van der Waals surface area contributed by atoms with Gasteiger partial charge in [-0.1, -0.05) is 231 Å². The zero-order chi connectivity index (χ0) is 51.4. The van der Waals surface area contributed by atoms with Crippen LogP contribution in [-0.2, 0) is 28.6 Å². The van der Waals surface area contributed by atoms with Gasteiger partial charge in [0.05, 0.1) is 0 Å². The first-order chi connectivity index (χ1) is 35.0. The third-order valence-corrected chi connectivity index (χ3v) is 11.3. The Morgan fingerprint density at radius 2 is 0.549 bits per heavy atom. The summed E-state index contributed by atoms with van der Waals surface area (Å²) in [6.45, 7) is 6.30. The molecule has 0 fully saturated rings. The van der Waals surface area contributed by atoms with Gasteiger partial charge < -0.3 is 14.2 Å². The summed E-state index contributed by atoms with van der Waals surface area (Å²) in [5.74, 6) is -0.968. The maximum atomic E-state index is 12.8. The molecule has 0 saturated heterocycles. The van der Waals surface area contributed by atoms with Gasteiger partial charge in [-0.3, -0.25) is 14.4 Å². The van der Waals surface area contributed by atoms with Gasteiger partial charge in [-0.15, -0.1) is 0 Å². The molecule has 0 aliphatic rings. The van der Waals surface area contributed by atoms with Gasteiger partial charge in [0.25, 0.3) is 0 Å². The van der Waals surface area contributed by atoms with Crippen molar-refractivity contribution in [3.05, 3.63) is 146 Å². The third kappa shape index (κ3) is 56.1. The largest absolute Gasteiger partial charge is 0.462 e. The molecule has 0 amide bonds. The Kier molecular flexibility index (Phi) is 54.0. The Hall–Kier alpha value is -4.71. The number of carbonyl (C=O) groups is 3. The van der Waals surface area contributed by atoms with Gasteiger partial charge in [-0.2, -0.15) is 0 Å². The highest BCUT2D eigenvalue weighted by molar-refractivity contribution is 5.71. The molecule has 0 aliphatic carbocycles. The van der Waals surface area contributed by atoms with Crippen LogP contribution in [0, 0.1) is 0 Å². The van der Waals surface area contributed by atoms with Crippen molar-refractivity contribution in [3.8, 4) is 0 Å². The molecule has 398 valence electrons. The van der Waals surface area contributed by atoms with E-state index in [1.165, 1.54) is 25.7 Å². The van der Waals surface area contributed by atoms with Gasteiger partial charge in [0.2, 0.25) is 0 Å². The molecule has 0 rings (SSSR count). The first-order valence-electron chi connectivity index (χ1n) is 28.3. The van der Waals surface area contributed by atoms with E-state index in [-0.39, 0.29) is 31.1 Å². The third-order valence-electron chi connectivity index (χ3n) is 11.3. The Labute approximate surface area is 436 Å². The number of rotatable bonds is 49. The van der Waals surface area contributed by atoms with Crippen LogP contribution in [-0.4, -0.2) is 37.2 Å². The van der Waals surface area contributed by atoms with E-state index in [9.17, 15) is 14.4 Å². The number of esters is 3. The highest BCUT2D eigenvalue weighted by Gasteiger charge is 2.19. The molecule has 0 bridgehead atoms. The minimum Gasteiger partial charge on any atom is -0.462 e. The molecule has 6 heteroatoms. The topological polar surface area (TPSA) is 78.9 Å². The lowest BCUT2D eigenvalue weighted by Crippen LogP contribution is -2.30. The number of ether oxygens (including phenoxy) is 3. The highest BCUT2D eigenvalue weighted by Crippen LogP contribution is 2.13. The minimum atomic E-state index is -0.803. The standard InChI is InChI=1S/C65H102O6/c1-4-7-10-13-16-18-20-22-24-25-26-27-28-29-30-31-32-33-34-35-36-37-38-39-41-42-44-46-49-52-55-58-64(67)70-61-62(60-69-63(66)57-54-51-48-15-12-9-6-3)71-65(68)59-56-53-50-47-45-43-40-23-21-19-17-14-11-8-5-2/h7-8,10-11,16-19,22-24,26-27,29-30,32-33,35-36,38-40,42,44,62H,4-6,9,12-15,20-21,25,28,31,34,37,41,43,45-61H2,1-3H3/b10-7-,11-8-,18-16-,19-17-,24-22-,27-26-,30-29-,33-32-,36-35-,39-38-,40-23-,44-42-. The lowest BCUT2D eigenvalue weighted by atomic mass is 10.1. The van der Waals surface area contributed by atoms with Crippen LogP contribution < -0.4 is 0 Å². The van der Waals surface area contributed by atoms with Crippen molar-refractivity contribution in [2.75, 3.05) is 13.2 Å². The van der Waals surface area contributed by atoms with Crippen molar-refractivity contribution < 1.29 is 28.6 Å². The summed E-state index contributed by atoms with van der Waals surface area (Å²) in [6, 6.07) is 0. The molecular weight excluding hydrogens is 877 g/mol. The van der Waals surface area contributed by atoms with Crippen LogP contribution >= 0.6 is 0 Å². The summed E-state index contributed by atoms with van der Waals surface area (Å²) in [6.07, 6.45) is 82.9. The Balaban J connectivity index is 4.28. The average Bonchev–Trinajstić information content (AvgIpc) is 3.37. The smallest absolute Gasteiger partial charge is 0.306 e. The van der Waals surface area contributed by atoms with Crippen LogP contribution in [0.2, 0.25) is 0 Å². The van der Waals surface area contributed by atoms with Gasteiger partial charge in [0, 0.05) is 19.3 Å². The maximum Gasteiger partial charge on any atom is 0.306 e. The Morgan fingerprint density at radius 1 is 0.296 bits per heavy atom. The Morgan fingerprint density at radius 3 is 0.873 bits per heavy atom. The molecule has 0 aromatic heterocycles. The monoisotopic (exact) mass is 979 g/mol. The molecule has 0 saturated carbocycles. The lowest BCUT2D eigenvalue weighted by molar-refractivity contribution is -0.167. The molecule has 1 atom stereocenters. The van der Waals surface area contributed by atoms with Crippen molar-refractivity contribution in [2.45, 2.75) is 232 Å². The van der Waals surface area contributed by atoms with Gasteiger partial charge in [0.1, 0.15) is 13.2 Å². The molecule has 6 nitrogen and oxygen atoms in total. The molecule has 0 radical (unpaired) electrons. The van der Waals surface area contributed by atoms with Crippen LogP contribution in [0.4, 0.5) is 0 Å². The number of hydrogen-bond donors (Lipinski definition) is 0. The maximum absolute atomic E-state index is 12.8. The van der Waals surface area contributed by atoms with Crippen molar-refractivity contribution in [2.24, 2.45) is 0 Å². The average molecular weight is 980 g/mol. The van der Waals surface area contributed by atoms with Gasteiger partial charge in [0.15, 0.2) is 6.10 Å². The summed E-state index contributed by atoms with van der Waals surface area (Å²) < 4.78 is 16.7. The molecule has 0 aliphatic heterocycles. The second-order valence-electron chi connectivity index (χ2n) is 18.1. The molecule has 1 unspecified atom stereocenters. The van der Waals surface area contributed by atoms with Crippen LogP contribution in [0.5, 0.6) is 0 Å². The molecule has 71 heavy (non-hydrogen) atoms. The summed E-state index contributed by atoms with van der Waals surface area (Å²) >= 11 is 0. The van der Waals surface area contributed by atoms with E-state index >= 15 is 0 Å². The predicted octanol–water partition coefficient (Wildman–Crippen LogP) is 19.2. The first kappa shape index (κ1) is 66.3. The fourth-order valence-corrected chi connectivity index (χ4v) is 7.15. The Bertz CT molecular complexity index is 1590. The van der Waals surface area contributed by atoms with Crippen molar-refractivity contribution >= 4 is 17.9 Å². The summed E-state index contributed by atoms with van der Waals surface area (Å²) in [7, 11) is 0. The molecule has 0 aromatic carbocycles. The quantitative estimate of drug-likeness (QED) is 0.0262. The molecule has 0 N–H and O–H groups in total. The van der Waals surface area contributed by atoms with Gasteiger partial charge in [-0.25, -0.2) is 0 Å². The summed E-state index contributed by atoms with van der Waals surface area (Å²) in [5, 5.41) is 0. The normalized spacial score (nSPS) is 13.2. The molecular formula is C65H102O6. The number of carbonyl (C=O) groups excluding carboxylic acids is 3. The first-order valence-corrected chi connectivity index (χ1v) is 28.3. The van der Waals surface area contributed by atoms with Crippen molar-refractivity contribution in [1.29, 1.82) is 0 Å². The van der Waals surface area contributed by atoms with Crippen molar-refractivity contribution in [1.82, 2.24) is 0 Å². The summed E-state index contributed by atoms with van der Waals surface area (Å²) in [4.78, 5) is 37.9. The van der Waals surface area contributed by atoms with E-state index in [0.29, 0.717) is 19.3 Å². The lowest BCUT2D eigenvalue weighted by Gasteiger charge is -2.18. The van der Waals surface area contributed by atoms with E-state index < -0.39 is 6.10 Å². The second kappa shape index (κ2) is 57.9. The second-order valence-corrected chi connectivity index (χ2v) is 18.1. The van der Waals surface area contributed by atoms with E-state index in [1.807, 2.05) is 0 Å². The molecule has 0 spiro atoms. The van der Waals surface area contributed by atoms with Crippen LogP contribution in [0.25, 0.3) is 0 Å². The van der Waals surface area contributed by atoms with E-state index in [2.05, 4.69) is 167 Å². The zero-order valence-corrected chi connectivity index (χ0v) is 45.4. The number of unbranched alkanes of at least 4 members (excludes halogenated alkanes) is 14. The fourth-order valence-electron chi connectivity index (χ4n) is 7.15. The number of allylic oxidation sites excluding steroid dienone is 24. The highest BCUT2D eigenvalue weighted by atomic mass is 16.6. The molecule has 0 aromatic rings. The summed E-state index contributed by atoms with van der Waals surface area (Å²) in [5.41, 5.74) is 0. The fraction of sp³-hybridized carbons (Fsp3) is 0.585. The number of hydrogen-bond acceptors (Lipinski definition) is 6. The SMILES string of the molecule is CC/C=C\C/C=C\C/C=C\C/C=C\C/C=C\C/C=C\C/C=C\C/C=C\C/C=C\CCCCCC(=O)OCC(COC(=O)CCCCCCCCC)OC(=O)CCCCCCC/C=C\C/C=C\C/C=C\CC. The van der Waals surface area contributed by atoms with Gasteiger partial charge >= 0.3 is 17.9 Å².